The molecule has 29 heavy (non-hydrogen) atoms. The van der Waals surface area contributed by atoms with Gasteiger partial charge in [-0.1, -0.05) is 23.8 Å². The first-order valence-electron chi connectivity index (χ1n) is 9.15. The lowest BCUT2D eigenvalue weighted by Gasteiger charge is -2.07. The topological polar surface area (TPSA) is 73.6 Å². The molecule has 146 valence electrons. The fourth-order valence-electron chi connectivity index (χ4n) is 2.87. The third-order valence-corrected chi connectivity index (χ3v) is 4.38. The third kappa shape index (κ3) is 4.38. The molecule has 3 aromatic carbocycles. The number of carbonyl (C=O) groups excluding carboxylic acids is 1. The second-order valence-corrected chi connectivity index (χ2v) is 6.58. The van der Waals surface area contributed by atoms with Crippen molar-refractivity contribution in [1.82, 2.24) is 4.98 Å². The number of nitrogens with zero attached hydrogens (tertiary/aromatic N) is 1. The summed E-state index contributed by atoms with van der Waals surface area (Å²) in [6.45, 7) is 1.92. The lowest BCUT2D eigenvalue weighted by Crippen LogP contribution is -2.20. The van der Waals surface area contributed by atoms with Gasteiger partial charge in [0.15, 0.2) is 12.2 Å². The van der Waals surface area contributed by atoms with Crippen molar-refractivity contribution in [1.29, 1.82) is 0 Å². The minimum absolute atomic E-state index is 0.0744. The molecule has 6 nitrogen and oxygen atoms in total. The van der Waals surface area contributed by atoms with Crippen LogP contribution in [0.4, 0.5) is 5.69 Å². The first-order chi connectivity index (χ1) is 14.1. The van der Waals surface area contributed by atoms with E-state index in [-0.39, 0.29) is 12.5 Å². The van der Waals surface area contributed by atoms with E-state index in [1.165, 1.54) is 0 Å². The van der Waals surface area contributed by atoms with Crippen LogP contribution in [0.15, 0.2) is 71.1 Å². The Balaban J connectivity index is 1.45. The molecule has 1 heterocycles. The number of aryl methyl sites for hydroxylation is 1. The lowest BCUT2D eigenvalue weighted by molar-refractivity contribution is -0.118. The van der Waals surface area contributed by atoms with Crippen LogP contribution in [0, 0.1) is 6.92 Å². The van der Waals surface area contributed by atoms with E-state index in [1.54, 1.807) is 25.3 Å². The summed E-state index contributed by atoms with van der Waals surface area (Å²) < 4.78 is 16.6. The van der Waals surface area contributed by atoms with E-state index < -0.39 is 0 Å². The second-order valence-electron chi connectivity index (χ2n) is 6.58. The maximum atomic E-state index is 12.2. The number of anilines is 1. The summed E-state index contributed by atoms with van der Waals surface area (Å²) in [5.41, 5.74) is 3.87. The number of hydrogen-bond donors (Lipinski definition) is 1. The molecule has 0 atom stereocenters. The highest BCUT2D eigenvalue weighted by Gasteiger charge is 2.11. The lowest BCUT2D eigenvalue weighted by atomic mass is 10.2. The molecule has 0 spiro atoms. The minimum atomic E-state index is -0.249. The van der Waals surface area contributed by atoms with Gasteiger partial charge in [-0.2, -0.15) is 0 Å². The Kier molecular flexibility index (Phi) is 5.16. The predicted molar refractivity (Wildman–Crippen MR) is 111 cm³/mol. The fourth-order valence-corrected chi connectivity index (χ4v) is 2.87. The first-order valence-corrected chi connectivity index (χ1v) is 9.15. The number of rotatable bonds is 6. The molecular formula is C23H20N2O4. The van der Waals surface area contributed by atoms with Crippen molar-refractivity contribution >= 4 is 22.7 Å². The Morgan fingerprint density at radius 2 is 1.86 bits per heavy atom. The van der Waals surface area contributed by atoms with E-state index in [0.717, 1.165) is 16.9 Å². The zero-order chi connectivity index (χ0) is 20.2. The quantitative estimate of drug-likeness (QED) is 0.512. The summed E-state index contributed by atoms with van der Waals surface area (Å²) in [5, 5.41) is 2.82. The van der Waals surface area contributed by atoms with Gasteiger partial charge in [-0.15, -0.1) is 0 Å². The van der Waals surface area contributed by atoms with Gasteiger partial charge in [-0.25, -0.2) is 4.98 Å². The molecule has 0 fully saturated rings. The van der Waals surface area contributed by atoms with Crippen LogP contribution in [0.1, 0.15) is 5.56 Å². The summed E-state index contributed by atoms with van der Waals surface area (Å²) >= 11 is 0. The van der Waals surface area contributed by atoms with Crippen LogP contribution in [-0.2, 0) is 4.79 Å². The second kappa shape index (κ2) is 8.06. The van der Waals surface area contributed by atoms with Crippen LogP contribution in [0.2, 0.25) is 0 Å². The third-order valence-electron chi connectivity index (χ3n) is 4.38. The Bertz CT molecular complexity index is 1150. The van der Waals surface area contributed by atoms with Crippen molar-refractivity contribution in [2.24, 2.45) is 0 Å². The Morgan fingerprint density at radius 1 is 1.03 bits per heavy atom. The molecule has 0 aliphatic carbocycles. The number of nitrogens with one attached hydrogen (secondary N) is 1. The van der Waals surface area contributed by atoms with Crippen LogP contribution in [0.5, 0.6) is 11.5 Å². The summed E-state index contributed by atoms with van der Waals surface area (Å²) in [5.74, 6) is 1.62. The molecule has 1 amide bonds. The number of aromatic nitrogens is 1. The molecule has 0 radical (unpaired) electrons. The molecule has 0 saturated heterocycles. The van der Waals surface area contributed by atoms with E-state index in [4.69, 9.17) is 13.9 Å². The van der Waals surface area contributed by atoms with Crippen molar-refractivity contribution in [3.8, 4) is 23.0 Å². The van der Waals surface area contributed by atoms with Crippen LogP contribution in [0.3, 0.4) is 0 Å². The number of benzene rings is 3. The molecule has 0 bridgehead atoms. The number of carbonyl (C=O) groups is 1. The normalized spacial score (nSPS) is 10.7. The number of amides is 1. The molecule has 0 aliphatic rings. The van der Waals surface area contributed by atoms with E-state index in [2.05, 4.69) is 10.3 Å². The summed E-state index contributed by atoms with van der Waals surface area (Å²) in [6.07, 6.45) is 0. The minimum Gasteiger partial charge on any atom is -0.497 e. The van der Waals surface area contributed by atoms with Gasteiger partial charge in [0.1, 0.15) is 17.0 Å². The van der Waals surface area contributed by atoms with Gasteiger partial charge in [0.2, 0.25) is 5.89 Å². The standard InChI is InChI=1S/C23H20N2O4/c1-15-6-9-18(10-7-15)28-14-22(26)24-17-8-11-21-20(13-17)25-23(29-21)16-4-3-5-19(12-16)27-2/h3-13H,14H2,1-2H3,(H,24,26). The summed E-state index contributed by atoms with van der Waals surface area (Å²) in [4.78, 5) is 16.7. The molecule has 0 saturated carbocycles. The van der Waals surface area contributed by atoms with Crippen molar-refractivity contribution < 1.29 is 18.7 Å². The van der Waals surface area contributed by atoms with Gasteiger partial charge >= 0.3 is 0 Å². The number of oxazole rings is 1. The van der Waals surface area contributed by atoms with Crippen molar-refractivity contribution in [3.05, 3.63) is 72.3 Å². The number of hydrogen-bond acceptors (Lipinski definition) is 5. The van der Waals surface area contributed by atoms with Gasteiger partial charge in [-0.3, -0.25) is 4.79 Å². The Labute approximate surface area is 168 Å². The highest BCUT2D eigenvalue weighted by Crippen LogP contribution is 2.28. The number of methoxy groups -OCH3 is 1. The van der Waals surface area contributed by atoms with E-state index in [0.29, 0.717) is 28.4 Å². The highest BCUT2D eigenvalue weighted by molar-refractivity contribution is 5.94. The zero-order valence-electron chi connectivity index (χ0n) is 16.1. The highest BCUT2D eigenvalue weighted by atomic mass is 16.5. The van der Waals surface area contributed by atoms with E-state index in [9.17, 15) is 4.79 Å². The average molecular weight is 388 g/mol. The molecular weight excluding hydrogens is 368 g/mol. The maximum absolute atomic E-state index is 12.2. The monoisotopic (exact) mass is 388 g/mol. The van der Waals surface area contributed by atoms with Gasteiger partial charge in [-0.05, 0) is 55.5 Å². The van der Waals surface area contributed by atoms with Gasteiger partial charge in [0.25, 0.3) is 5.91 Å². The van der Waals surface area contributed by atoms with Gasteiger partial charge < -0.3 is 19.2 Å². The van der Waals surface area contributed by atoms with Crippen LogP contribution < -0.4 is 14.8 Å². The van der Waals surface area contributed by atoms with Crippen molar-refractivity contribution in [2.45, 2.75) is 6.92 Å². The predicted octanol–water partition coefficient (Wildman–Crippen LogP) is 4.83. The molecule has 1 N–H and O–H groups in total. The SMILES string of the molecule is COc1cccc(-c2nc3cc(NC(=O)COc4ccc(C)cc4)ccc3o2)c1. The molecule has 4 aromatic rings. The van der Waals surface area contributed by atoms with Gasteiger partial charge in [0.05, 0.1) is 7.11 Å². The fraction of sp³-hybridized carbons (Fsp3) is 0.130. The number of fused-ring (bicyclic) bond motifs is 1. The van der Waals surface area contributed by atoms with Crippen molar-refractivity contribution in [3.63, 3.8) is 0 Å². The molecule has 0 unspecified atom stereocenters. The van der Waals surface area contributed by atoms with E-state index in [1.807, 2.05) is 55.5 Å². The molecule has 4 rings (SSSR count). The van der Waals surface area contributed by atoms with Crippen molar-refractivity contribution in [2.75, 3.05) is 19.0 Å². The zero-order valence-corrected chi connectivity index (χ0v) is 16.1. The Hall–Kier alpha value is -3.80. The average Bonchev–Trinajstić information content (AvgIpc) is 3.17. The smallest absolute Gasteiger partial charge is 0.262 e. The van der Waals surface area contributed by atoms with Gasteiger partial charge in [0, 0.05) is 11.3 Å². The summed E-state index contributed by atoms with van der Waals surface area (Å²) in [7, 11) is 1.61. The van der Waals surface area contributed by atoms with Crippen LogP contribution >= 0.6 is 0 Å². The molecule has 1 aromatic heterocycles. The largest absolute Gasteiger partial charge is 0.497 e. The Morgan fingerprint density at radius 3 is 2.66 bits per heavy atom. The van der Waals surface area contributed by atoms with E-state index >= 15 is 0 Å². The number of ether oxygens (including phenoxy) is 2. The first kappa shape index (κ1) is 18.6. The summed E-state index contributed by atoms with van der Waals surface area (Å²) in [6, 6.07) is 20.4. The van der Waals surface area contributed by atoms with Crippen LogP contribution in [-0.4, -0.2) is 24.6 Å². The molecule has 6 heteroatoms. The van der Waals surface area contributed by atoms with Crippen LogP contribution in [0.25, 0.3) is 22.6 Å². The maximum Gasteiger partial charge on any atom is 0.262 e. The molecule has 0 aliphatic heterocycles.